The lowest BCUT2D eigenvalue weighted by Crippen LogP contribution is -2.15. The molecule has 1 rings (SSSR count). The molecule has 0 fully saturated rings. The van der Waals surface area contributed by atoms with E-state index in [9.17, 15) is 9.18 Å². The summed E-state index contributed by atoms with van der Waals surface area (Å²) in [7, 11) is 0.722. The Kier molecular flexibility index (Phi) is 4.77. The summed E-state index contributed by atoms with van der Waals surface area (Å²) in [4.78, 5) is 11.1. The Bertz CT molecular complexity index is 402. The van der Waals surface area contributed by atoms with Gasteiger partial charge in [-0.3, -0.25) is 0 Å². The van der Waals surface area contributed by atoms with E-state index >= 15 is 0 Å². The summed E-state index contributed by atoms with van der Waals surface area (Å²) in [6, 6.07) is 4.51. The van der Waals surface area contributed by atoms with Crippen molar-refractivity contribution >= 4 is 24.8 Å². The van der Waals surface area contributed by atoms with Crippen LogP contribution in [-0.2, 0) is 9.53 Å². The van der Waals surface area contributed by atoms with E-state index in [0.717, 1.165) is 18.3 Å². The molecule has 0 aromatic heterocycles. The molecule has 0 atom stereocenters. The second kappa shape index (κ2) is 6.11. The number of benzene rings is 1. The van der Waals surface area contributed by atoms with Crippen LogP contribution in [0.2, 0.25) is 6.82 Å². The first kappa shape index (κ1) is 12.5. The molecule has 0 aliphatic carbocycles. The van der Waals surface area contributed by atoms with Crippen LogP contribution >= 0.6 is 0 Å². The fourth-order valence-corrected chi connectivity index (χ4v) is 1.39. The Balaban J connectivity index is 2.84. The van der Waals surface area contributed by atoms with Gasteiger partial charge < -0.3 is 4.74 Å². The van der Waals surface area contributed by atoms with Gasteiger partial charge in [-0.15, -0.1) is 0 Å². The van der Waals surface area contributed by atoms with Gasteiger partial charge in [0.1, 0.15) is 5.82 Å². The molecule has 0 saturated heterocycles. The second-order valence-corrected chi connectivity index (χ2v) is 3.28. The Labute approximate surface area is 95.4 Å². The molecule has 0 N–H and O–H groups in total. The molecule has 0 spiro atoms. The molecule has 0 aliphatic rings. The van der Waals surface area contributed by atoms with Gasteiger partial charge in [-0.2, -0.15) is 0 Å². The lowest BCUT2D eigenvalue weighted by Gasteiger charge is -2.02. The summed E-state index contributed by atoms with van der Waals surface area (Å²) >= 11 is 0. The van der Waals surface area contributed by atoms with Crippen LogP contribution in [0.3, 0.4) is 0 Å². The summed E-state index contributed by atoms with van der Waals surface area (Å²) in [5.74, 6) is -0.640. The first-order valence-corrected chi connectivity index (χ1v) is 5.30. The van der Waals surface area contributed by atoms with Gasteiger partial charge >= 0.3 is 5.97 Å². The molecule has 1 aromatic rings. The standard InChI is InChI=1S/C12H14BFO2/c1-3-16-12(15)7-5-9-4-6-10(14)8-11(9)13-2/h4-8,13H,3H2,1-2H3/b7-5+. The summed E-state index contributed by atoms with van der Waals surface area (Å²) in [6.45, 7) is 4.05. The van der Waals surface area contributed by atoms with Crippen molar-refractivity contribution in [2.45, 2.75) is 13.7 Å². The Morgan fingerprint density at radius 1 is 1.56 bits per heavy atom. The summed E-state index contributed by atoms with van der Waals surface area (Å²) in [5.41, 5.74) is 1.72. The van der Waals surface area contributed by atoms with Gasteiger partial charge in [-0.25, -0.2) is 9.18 Å². The van der Waals surface area contributed by atoms with E-state index in [1.165, 1.54) is 18.2 Å². The van der Waals surface area contributed by atoms with Crippen LogP contribution in [0, 0.1) is 5.82 Å². The third-order valence-electron chi connectivity index (χ3n) is 2.17. The monoisotopic (exact) mass is 220 g/mol. The van der Waals surface area contributed by atoms with Gasteiger partial charge in [0.25, 0.3) is 0 Å². The van der Waals surface area contributed by atoms with E-state index in [-0.39, 0.29) is 11.8 Å². The lowest BCUT2D eigenvalue weighted by molar-refractivity contribution is -0.137. The number of esters is 1. The Hall–Kier alpha value is -1.58. The maximum absolute atomic E-state index is 12.9. The van der Waals surface area contributed by atoms with Crippen LogP contribution in [0.5, 0.6) is 0 Å². The van der Waals surface area contributed by atoms with E-state index < -0.39 is 0 Å². The number of halogens is 1. The molecular formula is C12H14BFO2. The van der Waals surface area contributed by atoms with Crippen molar-refractivity contribution in [3.8, 4) is 0 Å². The topological polar surface area (TPSA) is 26.3 Å². The average Bonchev–Trinajstić information content (AvgIpc) is 2.27. The number of hydrogen-bond donors (Lipinski definition) is 0. The first-order valence-electron chi connectivity index (χ1n) is 5.30. The molecule has 1 aromatic carbocycles. The fourth-order valence-electron chi connectivity index (χ4n) is 1.39. The van der Waals surface area contributed by atoms with Crippen molar-refractivity contribution in [2.75, 3.05) is 6.61 Å². The highest BCUT2D eigenvalue weighted by Crippen LogP contribution is 2.02. The average molecular weight is 220 g/mol. The Morgan fingerprint density at radius 2 is 2.31 bits per heavy atom. The molecule has 0 aliphatic heterocycles. The highest BCUT2D eigenvalue weighted by atomic mass is 19.1. The molecule has 4 heteroatoms. The minimum Gasteiger partial charge on any atom is -0.463 e. The zero-order valence-electron chi connectivity index (χ0n) is 9.50. The van der Waals surface area contributed by atoms with Crippen LogP contribution in [-0.4, -0.2) is 19.9 Å². The summed E-state index contributed by atoms with van der Waals surface area (Å²) in [5, 5.41) is 0. The molecule has 84 valence electrons. The van der Waals surface area contributed by atoms with Crippen molar-refractivity contribution in [2.24, 2.45) is 0 Å². The van der Waals surface area contributed by atoms with Gasteiger partial charge in [-0.1, -0.05) is 18.4 Å². The number of hydrogen-bond acceptors (Lipinski definition) is 2. The van der Waals surface area contributed by atoms with Crippen molar-refractivity contribution in [3.63, 3.8) is 0 Å². The molecule has 0 bridgehead atoms. The Morgan fingerprint density at radius 3 is 2.94 bits per heavy atom. The zero-order chi connectivity index (χ0) is 12.0. The normalized spacial score (nSPS) is 10.4. The van der Waals surface area contributed by atoms with Crippen molar-refractivity contribution in [1.82, 2.24) is 0 Å². The SMILES string of the molecule is CBc1cc(F)ccc1/C=C/C(=O)OCC. The third kappa shape index (κ3) is 3.53. The van der Waals surface area contributed by atoms with Crippen LogP contribution < -0.4 is 5.46 Å². The fraction of sp³-hybridized carbons (Fsp3) is 0.250. The first-order chi connectivity index (χ1) is 7.67. The molecule has 0 amide bonds. The second-order valence-electron chi connectivity index (χ2n) is 3.28. The predicted molar refractivity (Wildman–Crippen MR) is 64.7 cm³/mol. The third-order valence-corrected chi connectivity index (χ3v) is 2.17. The van der Waals surface area contributed by atoms with Crippen LogP contribution in [0.1, 0.15) is 12.5 Å². The van der Waals surface area contributed by atoms with Crippen LogP contribution in [0.4, 0.5) is 4.39 Å². The smallest absolute Gasteiger partial charge is 0.330 e. The molecule has 2 nitrogen and oxygen atoms in total. The highest BCUT2D eigenvalue weighted by molar-refractivity contribution is 6.53. The van der Waals surface area contributed by atoms with E-state index in [4.69, 9.17) is 4.74 Å². The number of carbonyl (C=O) groups is 1. The van der Waals surface area contributed by atoms with E-state index in [2.05, 4.69) is 0 Å². The molecule has 0 heterocycles. The van der Waals surface area contributed by atoms with Gasteiger partial charge in [-0.05, 0) is 30.7 Å². The summed E-state index contributed by atoms with van der Waals surface area (Å²) in [6.07, 6.45) is 3.01. The van der Waals surface area contributed by atoms with Crippen molar-refractivity contribution in [1.29, 1.82) is 0 Å². The largest absolute Gasteiger partial charge is 0.463 e. The van der Waals surface area contributed by atoms with Gasteiger partial charge in [0.05, 0.1) is 6.61 Å². The van der Waals surface area contributed by atoms with Crippen molar-refractivity contribution < 1.29 is 13.9 Å². The summed E-state index contributed by atoms with van der Waals surface area (Å²) < 4.78 is 17.7. The quantitative estimate of drug-likeness (QED) is 0.436. The van der Waals surface area contributed by atoms with Gasteiger partial charge in [0, 0.05) is 6.08 Å². The maximum Gasteiger partial charge on any atom is 0.330 e. The lowest BCUT2D eigenvalue weighted by atomic mass is 9.71. The molecule has 0 saturated carbocycles. The van der Waals surface area contributed by atoms with Crippen LogP contribution in [0.25, 0.3) is 6.08 Å². The zero-order valence-corrected chi connectivity index (χ0v) is 9.50. The van der Waals surface area contributed by atoms with E-state index in [0.29, 0.717) is 6.61 Å². The van der Waals surface area contributed by atoms with E-state index in [1.807, 2.05) is 6.82 Å². The minimum absolute atomic E-state index is 0.259. The van der Waals surface area contributed by atoms with E-state index in [1.54, 1.807) is 19.1 Å². The molecular weight excluding hydrogens is 206 g/mol. The number of carbonyl (C=O) groups excluding carboxylic acids is 1. The maximum atomic E-state index is 12.9. The molecule has 0 radical (unpaired) electrons. The van der Waals surface area contributed by atoms with Gasteiger partial charge in [0.2, 0.25) is 0 Å². The molecule has 0 unspecified atom stereocenters. The molecule has 16 heavy (non-hydrogen) atoms. The minimum atomic E-state index is -0.381. The number of rotatable bonds is 4. The predicted octanol–water partition coefficient (Wildman–Crippen LogP) is 1.51. The highest BCUT2D eigenvalue weighted by Gasteiger charge is 2.01. The number of ether oxygens (including phenoxy) is 1. The van der Waals surface area contributed by atoms with Crippen molar-refractivity contribution in [3.05, 3.63) is 35.7 Å². The van der Waals surface area contributed by atoms with Gasteiger partial charge in [0.15, 0.2) is 7.28 Å². The van der Waals surface area contributed by atoms with Crippen LogP contribution in [0.15, 0.2) is 24.3 Å².